The number of carbonyl (C=O) groups is 1. The van der Waals surface area contributed by atoms with Crippen molar-refractivity contribution in [2.75, 3.05) is 6.61 Å². The molecule has 22 heavy (non-hydrogen) atoms. The number of rotatable bonds is 2. The third-order valence-electron chi connectivity index (χ3n) is 3.06. The highest BCUT2D eigenvalue weighted by Crippen LogP contribution is 2.16. The van der Waals surface area contributed by atoms with Crippen molar-refractivity contribution in [3.63, 3.8) is 0 Å². The van der Waals surface area contributed by atoms with Gasteiger partial charge in [0.05, 0.1) is 0 Å². The lowest BCUT2D eigenvalue weighted by Crippen LogP contribution is -2.39. The molecule has 4 nitrogen and oxygen atoms in total. The summed E-state index contributed by atoms with van der Waals surface area (Å²) in [5, 5.41) is 5.49. The van der Waals surface area contributed by atoms with Gasteiger partial charge >= 0.3 is 0 Å². The minimum absolute atomic E-state index is 0.156. The standard InChI is InChI=1S/C16H11BrN2O2S/c17-13-8-6-11(7-9-13)15-18-19(14(22)10-21-15)16(20)12-4-2-1-3-5-12/h1-9H,10H2. The van der Waals surface area contributed by atoms with Gasteiger partial charge in [-0.1, -0.05) is 46.3 Å². The van der Waals surface area contributed by atoms with E-state index < -0.39 is 0 Å². The second-order valence-corrected chi connectivity index (χ2v) is 5.96. The third kappa shape index (κ3) is 3.08. The van der Waals surface area contributed by atoms with Crippen molar-refractivity contribution in [3.8, 4) is 0 Å². The Morgan fingerprint density at radius 1 is 1.14 bits per heavy atom. The van der Waals surface area contributed by atoms with E-state index in [1.54, 1.807) is 24.3 Å². The molecule has 0 spiro atoms. The smallest absolute Gasteiger partial charge is 0.279 e. The first-order valence-electron chi connectivity index (χ1n) is 6.55. The SMILES string of the molecule is O=C(c1ccccc1)N1N=C(c2ccc(Br)cc2)OCC1=S. The van der Waals surface area contributed by atoms with E-state index in [2.05, 4.69) is 21.0 Å². The number of carbonyl (C=O) groups excluding carboxylic acids is 1. The van der Waals surface area contributed by atoms with Gasteiger partial charge in [-0.2, -0.15) is 5.01 Å². The Kier molecular flexibility index (Phi) is 4.31. The van der Waals surface area contributed by atoms with Crippen molar-refractivity contribution in [1.29, 1.82) is 0 Å². The number of nitrogens with zero attached hydrogens (tertiary/aromatic N) is 2. The molecule has 2 aromatic rings. The van der Waals surface area contributed by atoms with Crippen molar-refractivity contribution < 1.29 is 9.53 Å². The number of hydrogen-bond acceptors (Lipinski definition) is 4. The van der Waals surface area contributed by atoms with Gasteiger partial charge in [-0.3, -0.25) is 4.79 Å². The first kappa shape index (κ1) is 14.9. The maximum Gasteiger partial charge on any atom is 0.279 e. The van der Waals surface area contributed by atoms with E-state index in [4.69, 9.17) is 17.0 Å². The van der Waals surface area contributed by atoms with Crippen molar-refractivity contribution in [3.05, 3.63) is 70.2 Å². The Bertz CT molecular complexity index is 745. The van der Waals surface area contributed by atoms with E-state index in [0.29, 0.717) is 16.4 Å². The average molecular weight is 375 g/mol. The zero-order valence-electron chi connectivity index (χ0n) is 11.4. The Morgan fingerprint density at radius 3 is 2.50 bits per heavy atom. The summed E-state index contributed by atoms with van der Waals surface area (Å²) < 4.78 is 6.49. The summed E-state index contributed by atoms with van der Waals surface area (Å²) in [4.78, 5) is 12.9. The van der Waals surface area contributed by atoms with Gasteiger partial charge in [0, 0.05) is 15.6 Å². The van der Waals surface area contributed by atoms with Gasteiger partial charge in [-0.25, -0.2) is 0 Å². The molecule has 0 fully saturated rings. The second-order valence-electron chi connectivity index (χ2n) is 4.58. The van der Waals surface area contributed by atoms with Crippen LogP contribution in [-0.2, 0) is 4.74 Å². The van der Waals surface area contributed by atoms with Crippen molar-refractivity contribution in [1.82, 2.24) is 5.01 Å². The third-order valence-corrected chi connectivity index (χ3v) is 3.88. The van der Waals surface area contributed by atoms with Gasteiger partial charge in [-0.15, -0.1) is 5.10 Å². The fraction of sp³-hybridized carbons (Fsp3) is 0.0625. The van der Waals surface area contributed by atoms with Crippen molar-refractivity contribution in [2.45, 2.75) is 0 Å². The molecule has 0 bridgehead atoms. The first-order chi connectivity index (χ1) is 10.6. The van der Waals surface area contributed by atoms with Crippen LogP contribution in [0.4, 0.5) is 0 Å². The highest BCUT2D eigenvalue weighted by atomic mass is 79.9. The van der Waals surface area contributed by atoms with E-state index in [0.717, 1.165) is 10.0 Å². The molecular formula is C16H11BrN2O2S. The quantitative estimate of drug-likeness (QED) is 0.754. The normalized spacial score (nSPS) is 14.3. The van der Waals surface area contributed by atoms with E-state index >= 15 is 0 Å². The maximum absolute atomic E-state index is 12.5. The summed E-state index contributed by atoms with van der Waals surface area (Å²) in [7, 11) is 0. The number of amides is 1. The van der Waals surface area contributed by atoms with Gasteiger partial charge in [0.15, 0.2) is 0 Å². The summed E-state index contributed by atoms with van der Waals surface area (Å²) in [6.45, 7) is 0.156. The molecule has 1 heterocycles. The summed E-state index contributed by atoms with van der Waals surface area (Å²) in [5.41, 5.74) is 1.32. The summed E-state index contributed by atoms with van der Waals surface area (Å²) in [6, 6.07) is 16.4. The number of hydrazone groups is 1. The maximum atomic E-state index is 12.5. The van der Waals surface area contributed by atoms with Crippen LogP contribution in [0.5, 0.6) is 0 Å². The topological polar surface area (TPSA) is 41.9 Å². The first-order valence-corrected chi connectivity index (χ1v) is 7.75. The molecule has 1 aliphatic rings. The van der Waals surface area contributed by atoms with Crippen LogP contribution in [0.3, 0.4) is 0 Å². The zero-order chi connectivity index (χ0) is 15.5. The molecule has 0 aliphatic carbocycles. The van der Waals surface area contributed by atoms with Crippen LogP contribution in [0, 0.1) is 0 Å². The van der Waals surface area contributed by atoms with Crippen LogP contribution in [-0.4, -0.2) is 28.4 Å². The number of thiocarbonyl (C=S) groups is 1. The van der Waals surface area contributed by atoms with Gasteiger partial charge < -0.3 is 4.74 Å². The number of hydrogen-bond donors (Lipinski definition) is 0. The molecule has 0 saturated carbocycles. The van der Waals surface area contributed by atoms with E-state index in [9.17, 15) is 4.79 Å². The van der Waals surface area contributed by atoms with Gasteiger partial charge in [0.2, 0.25) is 5.90 Å². The summed E-state index contributed by atoms with van der Waals surface area (Å²) >= 11 is 8.57. The molecule has 0 saturated heterocycles. The Hall–Kier alpha value is -2.05. The fourth-order valence-electron chi connectivity index (χ4n) is 1.96. The van der Waals surface area contributed by atoms with Crippen LogP contribution in [0.15, 0.2) is 64.2 Å². The molecule has 0 aromatic heterocycles. The van der Waals surface area contributed by atoms with Crippen molar-refractivity contribution in [2.24, 2.45) is 5.10 Å². The number of ether oxygens (including phenoxy) is 1. The molecule has 0 radical (unpaired) electrons. The Morgan fingerprint density at radius 2 is 1.82 bits per heavy atom. The lowest BCUT2D eigenvalue weighted by molar-refractivity contribution is 0.0833. The molecule has 0 N–H and O–H groups in total. The predicted octanol–water partition coefficient (Wildman–Crippen LogP) is 3.61. The van der Waals surface area contributed by atoms with Crippen molar-refractivity contribution >= 4 is 44.9 Å². The van der Waals surface area contributed by atoms with Crippen LogP contribution in [0.2, 0.25) is 0 Å². The summed E-state index contributed by atoms with van der Waals surface area (Å²) in [5.74, 6) is 0.119. The molecule has 2 aromatic carbocycles. The molecule has 1 aliphatic heterocycles. The van der Waals surface area contributed by atoms with E-state index in [1.165, 1.54) is 5.01 Å². The lowest BCUT2D eigenvalue weighted by atomic mass is 10.2. The molecule has 6 heteroatoms. The molecule has 110 valence electrons. The van der Waals surface area contributed by atoms with Crippen LogP contribution in [0.25, 0.3) is 0 Å². The second kappa shape index (κ2) is 6.37. The molecule has 3 rings (SSSR count). The molecular weight excluding hydrogens is 364 g/mol. The largest absolute Gasteiger partial charge is 0.469 e. The van der Waals surface area contributed by atoms with E-state index in [1.807, 2.05) is 30.3 Å². The minimum atomic E-state index is -0.261. The highest BCUT2D eigenvalue weighted by molar-refractivity contribution is 9.10. The Labute approximate surface area is 141 Å². The highest BCUT2D eigenvalue weighted by Gasteiger charge is 2.26. The minimum Gasteiger partial charge on any atom is -0.469 e. The van der Waals surface area contributed by atoms with Crippen LogP contribution < -0.4 is 0 Å². The zero-order valence-corrected chi connectivity index (χ0v) is 13.8. The molecule has 0 atom stereocenters. The lowest BCUT2D eigenvalue weighted by Gasteiger charge is -2.24. The monoisotopic (exact) mass is 374 g/mol. The summed E-state index contributed by atoms with van der Waals surface area (Å²) in [6.07, 6.45) is 0. The average Bonchev–Trinajstić information content (AvgIpc) is 2.56. The van der Waals surface area contributed by atoms with Gasteiger partial charge in [-0.05, 0) is 36.4 Å². The van der Waals surface area contributed by atoms with Gasteiger partial charge in [0.1, 0.15) is 11.6 Å². The fourth-order valence-corrected chi connectivity index (χ4v) is 2.41. The van der Waals surface area contributed by atoms with Gasteiger partial charge in [0.25, 0.3) is 5.91 Å². The Balaban J connectivity index is 1.93. The number of benzene rings is 2. The predicted molar refractivity (Wildman–Crippen MR) is 91.8 cm³/mol. The molecule has 0 unspecified atom stereocenters. The van der Waals surface area contributed by atoms with E-state index in [-0.39, 0.29) is 12.5 Å². The molecule has 1 amide bonds. The van der Waals surface area contributed by atoms with Crippen LogP contribution >= 0.6 is 28.1 Å². The number of halogens is 1. The van der Waals surface area contributed by atoms with Crippen LogP contribution in [0.1, 0.15) is 15.9 Å².